The van der Waals surface area contributed by atoms with Crippen LogP contribution in [0, 0.1) is 0 Å². The molecule has 110 valence electrons. The Morgan fingerprint density at radius 3 is 2.60 bits per heavy atom. The van der Waals surface area contributed by atoms with Crippen LogP contribution in [-0.4, -0.2) is 66.1 Å². The minimum absolute atomic E-state index is 0.0960. The van der Waals surface area contributed by atoms with Crippen molar-refractivity contribution in [1.29, 1.82) is 0 Å². The van der Waals surface area contributed by atoms with Crippen molar-refractivity contribution < 1.29 is 4.79 Å². The number of hydrogen-bond acceptors (Lipinski definition) is 6. The summed E-state index contributed by atoms with van der Waals surface area (Å²) in [6.45, 7) is 6.90. The zero-order chi connectivity index (χ0) is 14.4. The van der Waals surface area contributed by atoms with Crippen molar-refractivity contribution in [2.24, 2.45) is 5.73 Å². The maximum atomic E-state index is 11.3. The van der Waals surface area contributed by atoms with Crippen molar-refractivity contribution >= 4 is 11.9 Å². The van der Waals surface area contributed by atoms with Crippen LogP contribution in [0.5, 0.6) is 0 Å². The van der Waals surface area contributed by atoms with Gasteiger partial charge in [-0.2, -0.15) is 0 Å². The molecule has 1 atom stereocenters. The Morgan fingerprint density at radius 1 is 1.35 bits per heavy atom. The highest BCUT2D eigenvalue weighted by atomic mass is 16.2. The smallest absolute Gasteiger partial charge is 0.236 e. The van der Waals surface area contributed by atoms with Gasteiger partial charge in [0.15, 0.2) is 0 Å². The summed E-state index contributed by atoms with van der Waals surface area (Å²) in [7, 11) is 0. The molecule has 1 aliphatic heterocycles. The lowest BCUT2D eigenvalue weighted by Crippen LogP contribution is -2.49. The lowest BCUT2D eigenvalue weighted by atomic mass is 10.3. The number of carbonyl (C=O) groups is 1. The lowest BCUT2D eigenvalue weighted by molar-refractivity contribution is -0.122. The van der Waals surface area contributed by atoms with Crippen molar-refractivity contribution in [2.75, 3.05) is 44.2 Å². The molecule has 1 aromatic heterocycles. The standard InChI is InChI=1S/C13H22N6O/c1-11(14)12(20)15-5-6-18-7-9-19(10-8-18)13-16-3-2-4-17-13/h2-4,11H,5-10,14H2,1H3,(H,15,20)/t11-/m1/s1. The summed E-state index contributed by atoms with van der Waals surface area (Å²) in [6.07, 6.45) is 3.52. The van der Waals surface area contributed by atoms with Crippen molar-refractivity contribution in [3.05, 3.63) is 18.5 Å². The first-order chi connectivity index (χ1) is 9.66. The Hall–Kier alpha value is -1.73. The average molecular weight is 278 g/mol. The van der Waals surface area contributed by atoms with E-state index in [0.717, 1.165) is 38.7 Å². The number of carbonyl (C=O) groups excluding carboxylic acids is 1. The van der Waals surface area contributed by atoms with Gasteiger partial charge in [0.05, 0.1) is 6.04 Å². The summed E-state index contributed by atoms with van der Waals surface area (Å²) in [5.74, 6) is 0.693. The molecule has 0 saturated carbocycles. The quantitative estimate of drug-likeness (QED) is 0.723. The van der Waals surface area contributed by atoms with Crippen LogP contribution < -0.4 is 16.0 Å². The molecule has 1 aliphatic rings. The lowest BCUT2D eigenvalue weighted by Gasteiger charge is -2.34. The molecule has 0 unspecified atom stereocenters. The minimum atomic E-state index is -0.443. The van der Waals surface area contributed by atoms with E-state index in [9.17, 15) is 4.79 Å². The van der Waals surface area contributed by atoms with Crippen LogP contribution in [0.3, 0.4) is 0 Å². The highest BCUT2D eigenvalue weighted by Gasteiger charge is 2.18. The average Bonchev–Trinajstić information content (AvgIpc) is 2.48. The Labute approximate surface area is 119 Å². The summed E-state index contributed by atoms with van der Waals surface area (Å²) in [6, 6.07) is 1.38. The molecule has 0 bridgehead atoms. The number of amides is 1. The SMILES string of the molecule is C[C@@H](N)C(=O)NCCN1CCN(c2ncccn2)CC1. The molecular formula is C13H22N6O. The van der Waals surface area contributed by atoms with E-state index >= 15 is 0 Å². The fourth-order valence-corrected chi connectivity index (χ4v) is 2.12. The highest BCUT2D eigenvalue weighted by molar-refractivity contribution is 5.80. The molecule has 20 heavy (non-hydrogen) atoms. The van der Waals surface area contributed by atoms with Gasteiger partial charge in [-0.15, -0.1) is 0 Å². The number of aromatic nitrogens is 2. The van der Waals surface area contributed by atoms with E-state index in [1.165, 1.54) is 0 Å². The van der Waals surface area contributed by atoms with Gasteiger partial charge < -0.3 is 16.0 Å². The van der Waals surface area contributed by atoms with Crippen LogP contribution in [0.25, 0.3) is 0 Å². The first-order valence-corrected chi connectivity index (χ1v) is 6.94. The second-order valence-corrected chi connectivity index (χ2v) is 4.96. The number of nitrogens with zero attached hydrogens (tertiary/aromatic N) is 4. The van der Waals surface area contributed by atoms with Crippen LogP contribution in [-0.2, 0) is 4.79 Å². The summed E-state index contributed by atoms with van der Waals surface area (Å²) >= 11 is 0. The third-order valence-electron chi connectivity index (χ3n) is 3.35. The van der Waals surface area contributed by atoms with Crippen molar-refractivity contribution in [2.45, 2.75) is 13.0 Å². The molecule has 7 heteroatoms. The first-order valence-electron chi connectivity index (χ1n) is 6.94. The maximum Gasteiger partial charge on any atom is 0.236 e. The molecule has 0 aliphatic carbocycles. The van der Waals surface area contributed by atoms with E-state index < -0.39 is 6.04 Å². The number of nitrogens with two attached hydrogens (primary N) is 1. The molecule has 7 nitrogen and oxygen atoms in total. The molecule has 1 amide bonds. The van der Waals surface area contributed by atoms with Crippen LogP contribution in [0.15, 0.2) is 18.5 Å². The number of hydrogen-bond donors (Lipinski definition) is 2. The predicted octanol–water partition coefficient (Wildman–Crippen LogP) is -0.938. The molecule has 2 heterocycles. The number of anilines is 1. The van der Waals surface area contributed by atoms with Gasteiger partial charge in [-0.1, -0.05) is 0 Å². The predicted molar refractivity (Wildman–Crippen MR) is 77.3 cm³/mol. The zero-order valence-corrected chi connectivity index (χ0v) is 11.8. The first kappa shape index (κ1) is 14.7. The fraction of sp³-hybridized carbons (Fsp3) is 0.615. The van der Waals surface area contributed by atoms with E-state index in [2.05, 4.69) is 25.1 Å². The summed E-state index contributed by atoms with van der Waals surface area (Å²) in [5.41, 5.74) is 5.49. The van der Waals surface area contributed by atoms with Crippen LogP contribution in [0.2, 0.25) is 0 Å². The van der Waals surface area contributed by atoms with Crippen molar-refractivity contribution in [1.82, 2.24) is 20.2 Å². The van der Waals surface area contributed by atoms with Gasteiger partial charge in [-0.25, -0.2) is 9.97 Å². The second-order valence-electron chi connectivity index (χ2n) is 4.96. The van der Waals surface area contributed by atoms with Gasteiger partial charge in [0.25, 0.3) is 0 Å². The normalized spacial score (nSPS) is 17.8. The van der Waals surface area contributed by atoms with Gasteiger partial charge in [0, 0.05) is 51.7 Å². The molecule has 1 saturated heterocycles. The van der Waals surface area contributed by atoms with Gasteiger partial charge in [-0.3, -0.25) is 9.69 Å². The van der Waals surface area contributed by atoms with Gasteiger partial charge in [-0.05, 0) is 13.0 Å². The highest BCUT2D eigenvalue weighted by Crippen LogP contribution is 2.08. The van der Waals surface area contributed by atoms with Crippen LogP contribution in [0.4, 0.5) is 5.95 Å². The number of piperazine rings is 1. The Morgan fingerprint density at radius 2 is 2.00 bits per heavy atom. The topological polar surface area (TPSA) is 87.4 Å². The minimum Gasteiger partial charge on any atom is -0.353 e. The Kier molecular flexibility index (Phi) is 5.25. The van der Waals surface area contributed by atoms with E-state index in [4.69, 9.17) is 5.73 Å². The van der Waals surface area contributed by atoms with Crippen LogP contribution in [0.1, 0.15) is 6.92 Å². The monoisotopic (exact) mass is 278 g/mol. The summed E-state index contributed by atoms with van der Waals surface area (Å²) in [4.78, 5) is 24.4. The van der Waals surface area contributed by atoms with E-state index in [1.807, 2.05) is 6.07 Å². The molecule has 0 radical (unpaired) electrons. The number of rotatable bonds is 5. The molecule has 0 spiro atoms. The van der Waals surface area contributed by atoms with Crippen molar-refractivity contribution in [3.8, 4) is 0 Å². The maximum absolute atomic E-state index is 11.3. The van der Waals surface area contributed by atoms with Crippen LogP contribution >= 0.6 is 0 Å². The van der Waals surface area contributed by atoms with E-state index in [-0.39, 0.29) is 5.91 Å². The second kappa shape index (κ2) is 7.16. The van der Waals surface area contributed by atoms with Gasteiger partial charge >= 0.3 is 0 Å². The molecule has 1 aromatic rings. The van der Waals surface area contributed by atoms with Crippen molar-refractivity contribution in [3.63, 3.8) is 0 Å². The largest absolute Gasteiger partial charge is 0.353 e. The molecular weight excluding hydrogens is 256 g/mol. The molecule has 2 rings (SSSR count). The molecule has 1 fully saturated rings. The van der Waals surface area contributed by atoms with E-state index in [1.54, 1.807) is 19.3 Å². The summed E-state index contributed by atoms with van der Waals surface area (Å²) in [5, 5.41) is 2.83. The van der Waals surface area contributed by atoms with Gasteiger partial charge in [0.1, 0.15) is 0 Å². The fourth-order valence-electron chi connectivity index (χ4n) is 2.12. The third kappa shape index (κ3) is 4.14. The van der Waals surface area contributed by atoms with E-state index in [0.29, 0.717) is 6.54 Å². The number of nitrogens with one attached hydrogen (secondary N) is 1. The Balaban J connectivity index is 1.68. The van der Waals surface area contributed by atoms with Gasteiger partial charge in [0.2, 0.25) is 11.9 Å². The molecule has 3 N–H and O–H groups in total. The molecule has 0 aromatic carbocycles. The summed E-state index contributed by atoms with van der Waals surface area (Å²) < 4.78 is 0. The Bertz CT molecular complexity index is 416. The zero-order valence-electron chi connectivity index (χ0n) is 11.8. The third-order valence-corrected chi connectivity index (χ3v) is 3.35.